The number of nitrogens with zero attached hydrogens (tertiary/aromatic N) is 6. The van der Waals surface area contributed by atoms with Gasteiger partial charge in [0.05, 0.1) is 5.39 Å². The van der Waals surface area contributed by atoms with Crippen molar-refractivity contribution in [1.82, 2.24) is 30.2 Å². The number of hydrogen-bond acceptors (Lipinski definition) is 9. The van der Waals surface area contributed by atoms with E-state index in [0.717, 1.165) is 25.9 Å². The van der Waals surface area contributed by atoms with Crippen LogP contribution in [0.4, 0.5) is 0 Å². The Labute approximate surface area is 170 Å². The molecule has 9 nitrogen and oxygen atoms in total. The summed E-state index contributed by atoms with van der Waals surface area (Å²) in [4.78, 5) is 23.3. The number of rotatable bonds is 5. The van der Waals surface area contributed by atoms with E-state index in [1.54, 1.807) is 36.8 Å². The molecule has 1 saturated heterocycles. The van der Waals surface area contributed by atoms with E-state index < -0.39 is 6.10 Å². The average molecular weight is 413 g/mol. The van der Waals surface area contributed by atoms with E-state index in [1.807, 2.05) is 5.06 Å². The first-order valence-corrected chi connectivity index (χ1v) is 9.72. The van der Waals surface area contributed by atoms with Crippen LogP contribution >= 0.6 is 11.6 Å². The molecule has 0 N–H and O–H groups in total. The van der Waals surface area contributed by atoms with Gasteiger partial charge >= 0.3 is 0 Å². The van der Waals surface area contributed by atoms with Crippen LogP contribution in [-0.4, -0.2) is 43.2 Å². The van der Waals surface area contributed by atoms with E-state index in [9.17, 15) is 0 Å². The molecule has 5 heterocycles. The normalized spacial score (nSPS) is 16.3. The van der Waals surface area contributed by atoms with Gasteiger partial charge in [-0.05, 0) is 25.0 Å². The van der Waals surface area contributed by atoms with Gasteiger partial charge in [0.2, 0.25) is 11.9 Å². The van der Waals surface area contributed by atoms with Crippen LogP contribution in [0, 0.1) is 0 Å². The van der Waals surface area contributed by atoms with Gasteiger partial charge < -0.3 is 8.94 Å². The third kappa shape index (κ3) is 3.71. The molecule has 10 heteroatoms. The molecule has 0 aromatic carbocycles. The van der Waals surface area contributed by atoms with Crippen LogP contribution in [0.5, 0.6) is 0 Å². The summed E-state index contributed by atoms with van der Waals surface area (Å²) < 4.78 is 11.2. The molecule has 5 rings (SSSR count). The molecule has 1 aliphatic rings. The molecule has 1 fully saturated rings. The van der Waals surface area contributed by atoms with Crippen molar-refractivity contribution in [3.8, 4) is 11.7 Å². The largest absolute Gasteiger partial charge is 0.451 e. The smallest absolute Gasteiger partial charge is 0.293 e. The summed E-state index contributed by atoms with van der Waals surface area (Å²) in [7, 11) is 0. The first kappa shape index (κ1) is 18.2. The predicted octanol–water partition coefficient (Wildman–Crippen LogP) is 3.83. The summed E-state index contributed by atoms with van der Waals surface area (Å²) in [6.45, 7) is 1.67. The summed E-state index contributed by atoms with van der Waals surface area (Å²) in [5.41, 5.74) is 0.590. The average Bonchev–Trinajstić information content (AvgIpc) is 3.41. The van der Waals surface area contributed by atoms with Crippen molar-refractivity contribution in [2.45, 2.75) is 25.4 Å². The summed E-state index contributed by atoms with van der Waals surface area (Å²) in [6, 6.07) is 5.19. The molecule has 1 atom stereocenters. The quantitative estimate of drug-likeness (QED) is 0.452. The highest BCUT2D eigenvalue weighted by atomic mass is 35.5. The Morgan fingerprint density at radius 3 is 2.66 bits per heavy atom. The molecule has 0 bridgehead atoms. The lowest BCUT2D eigenvalue weighted by atomic mass is 10.2. The fourth-order valence-electron chi connectivity index (χ4n) is 3.25. The van der Waals surface area contributed by atoms with E-state index >= 15 is 0 Å². The fraction of sp³-hybridized carbons (Fsp3) is 0.316. The van der Waals surface area contributed by atoms with Gasteiger partial charge in [0.25, 0.3) is 5.89 Å². The summed E-state index contributed by atoms with van der Waals surface area (Å²) in [5, 5.41) is 7.04. The highest BCUT2D eigenvalue weighted by Gasteiger charge is 2.28. The summed E-state index contributed by atoms with van der Waals surface area (Å²) in [5.74, 6) is 1.40. The third-order valence-electron chi connectivity index (χ3n) is 4.67. The minimum atomic E-state index is -0.679. The van der Waals surface area contributed by atoms with Crippen molar-refractivity contribution in [3.05, 3.63) is 53.6 Å². The van der Waals surface area contributed by atoms with Crippen LogP contribution in [0.25, 0.3) is 22.6 Å². The minimum Gasteiger partial charge on any atom is -0.451 e. The van der Waals surface area contributed by atoms with Crippen molar-refractivity contribution in [2.75, 3.05) is 13.1 Å². The number of hydrogen-bond donors (Lipinski definition) is 0. The van der Waals surface area contributed by atoms with Gasteiger partial charge in [0, 0.05) is 37.7 Å². The van der Waals surface area contributed by atoms with Crippen molar-refractivity contribution in [3.63, 3.8) is 0 Å². The second-order valence-corrected chi connectivity index (χ2v) is 7.02. The molecule has 148 valence electrons. The Morgan fingerprint density at radius 1 is 1.03 bits per heavy atom. The lowest BCUT2D eigenvalue weighted by Crippen LogP contribution is -2.32. The van der Waals surface area contributed by atoms with Crippen molar-refractivity contribution in [1.29, 1.82) is 0 Å². The molecule has 0 saturated carbocycles. The Morgan fingerprint density at radius 2 is 1.86 bits per heavy atom. The number of fused-ring (bicyclic) bond motifs is 1. The maximum absolute atomic E-state index is 6.15. The maximum atomic E-state index is 6.15. The molecule has 1 aliphatic heterocycles. The van der Waals surface area contributed by atoms with Crippen LogP contribution in [0.3, 0.4) is 0 Å². The third-order valence-corrected chi connectivity index (χ3v) is 4.97. The van der Waals surface area contributed by atoms with Crippen molar-refractivity contribution in [2.24, 2.45) is 0 Å². The number of aromatic nitrogens is 5. The monoisotopic (exact) mass is 412 g/mol. The zero-order valence-corrected chi connectivity index (χ0v) is 16.1. The number of piperidine rings is 1. The molecule has 0 spiro atoms. The second-order valence-electron chi connectivity index (χ2n) is 6.66. The second kappa shape index (κ2) is 7.86. The Kier molecular flexibility index (Phi) is 4.92. The van der Waals surface area contributed by atoms with Gasteiger partial charge in [-0.1, -0.05) is 23.2 Å². The van der Waals surface area contributed by atoms with Gasteiger partial charge in [0.1, 0.15) is 10.7 Å². The van der Waals surface area contributed by atoms with Gasteiger partial charge in [-0.2, -0.15) is 10.0 Å². The zero-order chi connectivity index (χ0) is 19.6. The van der Waals surface area contributed by atoms with E-state index in [0.29, 0.717) is 33.5 Å². The van der Waals surface area contributed by atoms with Crippen LogP contribution in [0.1, 0.15) is 37.0 Å². The van der Waals surface area contributed by atoms with Crippen LogP contribution in [-0.2, 0) is 4.84 Å². The minimum absolute atomic E-state index is 0.218. The first-order chi connectivity index (χ1) is 14.3. The number of halogens is 1. The maximum Gasteiger partial charge on any atom is 0.293 e. The molecule has 0 amide bonds. The van der Waals surface area contributed by atoms with Gasteiger partial charge in [-0.15, -0.1) is 0 Å². The van der Waals surface area contributed by atoms with E-state index in [1.165, 1.54) is 6.42 Å². The SMILES string of the molecule is Clc1nccc2oc(-c3nc(C(ON4CCCCC4)c4ncccn4)no3)cc12. The van der Waals surface area contributed by atoms with Crippen molar-refractivity contribution < 1.29 is 13.8 Å². The highest BCUT2D eigenvalue weighted by Crippen LogP contribution is 2.31. The summed E-state index contributed by atoms with van der Waals surface area (Å²) >= 11 is 6.12. The predicted molar refractivity (Wildman–Crippen MR) is 103 cm³/mol. The van der Waals surface area contributed by atoms with Crippen LogP contribution in [0.15, 0.2) is 45.7 Å². The fourth-order valence-corrected chi connectivity index (χ4v) is 3.46. The van der Waals surface area contributed by atoms with E-state index in [-0.39, 0.29) is 5.89 Å². The van der Waals surface area contributed by atoms with Gasteiger partial charge in [-0.25, -0.2) is 15.0 Å². The molecule has 4 aromatic rings. The number of hydroxylamine groups is 2. The molecule has 0 aliphatic carbocycles. The summed E-state index contributed by atoms with van der Waals surface area (Å²) in [6.07, 6.45) is 7.56. The lowest BCUT2D eigenvalue weighted by molar-refractivity contribution is -0.200. The lowest BCUT2D eigenvalue weighted by Gasteiger charge is -2.28. The molecule has 0 radical (unpaired) electrons. The number of pyridine rings is 1. The zero-order valence-electron chi connectivity index (χ0n) is 15.4. The molecule has 29 heavy (non-hydrogen) atoms. The standard InChI is InChI=1S/C19H17ClN6O3/c20-16-12-11-14(27-13(12)5-8-21-16)19-24-18(25-28-19)15(17-22-6-4-7-23-17)29-26-9-2-1-3-10-26/h4-8,11,15H,1-3,9-10H2. The topological polar surface area (TPSA) is 103 Å². The van der Waals surface area contributed by atoms with E-state index in [2.05, 4.69) is 25.1 Å². The molecular weight excluding hydrogens is 396 g/mol. The first-order valence-electron chi connectivity index (χ1n) is 9.34. The Balaban J connectivity index is 1.48. The molecular formula is C19H17ClN6O3. The highest BCUT2D eigenvalue weighted by molar-refractivity contribution is 6.34. The van der Waals surface area contributed by atoms with Crippen molar-refractivity contribution >= 4 is 22.6 Å². The number of furan rings is 1. The van der Waals surface area contributed by atoms with E-state index in [4.69, 9.17) is 25.4 Å². The molecule has 4 aromatic heterocycles. The van der Waals surface area contributed by atoms with Gasteiger partial charge in [0.15, 0.2) is 11.6 Å². The van der Waals surface area contributed by atoms with Gasteiger partial charge in [-0.3, -0.25) is 4.84 Å². The van der Waals surface area contributed by atoms with Crippen LogP contribution in [0.2, 0.25) is 5.15 Å². The Bertz CT molecular complexity index is 1110. The van der Waals surface area contributed by atoms with Crippen LogP contribution < -0.4 is 0 Å². The Hall–Kier alpha value is -2.88. The molecule has 1 unspecified atom stereocenters.